The summed E-state index contributed by atoms with van der Waals surface area (Å²) in [7, 11) is 0. The maximum atomic E-state index is 12.2. The van der Waals surface area contributed by atoms with E-state index in [1.165, 1.54) is 6.08 Å². The number of nitrogen functional groups attached to an aromatic ring is 1. The van der Waals surface area contributed by atoms with Crippen LogP contribution in [0.3, 0.4) is 0 Å². The minimum absolute atomic E-state index is 0.286. The van der Waals surface area contributed by atoms with Crippen molar-refractivity contribution >= 4 is 23.6 Å². The summed E-state index contributed by atoms with van der Waals surface area (Å²) in [5, 5.41) is 11.7. The van der Waals surface area contributed by atoms with Crippen LogP contribution in [0.4, 0.5) is 5.69 Å². The first kappa shape index (κ1) is 17.0. The number of benzene rings is 2. The Morgan fingerprint density at radius 3 is 2.35 bits per heavy atom. The molecule has 1 heterocycles. The monoisotopic (exact) mass is 348 g/mol. The van der Waals surface area contributed by atoms with E-state index in [2.05, 4.69) is 5.32 Å². The van der Waals surface area contributed by atoms with E-state index in [1.54, 1.807) is 54.6 Å². The maximum absolute atomic E-state index is 12.2. The molecule has 3 rings (SSSR count). The Labute approximate surface area is 149 Å². The van der Waals surface area contributed by atoms with Crippen LogP contribution in [-0.2, 0) is 4.79 Å². The van der Waals surface area contributed by atoms with Gasteiger partial charge < -0.3 is 20.6 Å². The Kier molecular flexibility index (Phi) is 4.85. The summed E-state index contributed by atoms with van der Waals surface area (Å²) in [4.78, 5) is 23.6. The van der Waals surface area contributed by atoms with Gasteiger partial charge in [-0.3, -0.25) is 4.79 Å². The van der Waals surface area contributed by atoms with Crippen molar-refractivity contribution in [2.75, 3.05) is 5.73 Å². The second-order valence-corrected chi connectivity index (χ2v) is 5.47. The van der Waals surface area contributed by atoms with Crippen LogP contribution in [0.1, 0.15) is 16.1 Å². The summed E-state index contributed by atoms with van der Waals surface area (Å²) >= 11 is 0. The molecular weight excluding hydrogens is 332 g/mol. The zero-order chi connectivity index (χ0) is 18.5. The van der Waals surface area contributed by atoms with E-state index in [0.29, 0.717) is 22.6 Å². The van der Waals surface area contributed by atoms with E-state index in [1.807, 2.05) is 12.1 Å². The fourth-order valence-electron chi connectivity index (χ4n) is 2.37. The quantitative estimate of drug-likeness (QED) is 0.484. The van der Waals surface area contributed by atoms with Gasteiger partial charge in [0, 0.05) is 22.9 Å². The molecule has 0 unspecified atom stereocenters. The standard InChI is InChI=1S/C20H16N2O4/c21-16-9-5-4-8-15(16)18-11-10-14(26-18)12-17(20(24)25)22-19(23)13-6-2-1-3-7-13/h1-12H,21H2,(H,22,23)(H,24,25). The minimum Gasteiger partial charge on any atom is -0.477 e. The van der Waals surface area contributed by atoms with Gasteiger partial charge in [0.1, 0.15) is 17.2 Å². The number of aliphatic carboxylic acids is 1. The van der Waals surface area contributed by atoms with Gasteiger partial charge in [0.15, 0.2) is 0 Å². The molecule has 6 heteroatoms. The Balaban J connectivity index is 1.85. The van der Waals surface area contributed by atoms with E-state index in [0.717, 1.165) is 0 Å². The van der Waals surface area contributed by atoms with Crippen molar-refractivity contribution in [3.05, 3.63) is 83.8 Å². The van der Waals surface area contributed by atoms with E-state index < -0.39 is 11.9 Å². The number of furan rings is 1. The van der Waals surface area contributed by atoms with Crippen LogP contribution in [0.5, 0.6) is 0 Å². The molecule has 0 saturated carbocycles. The highest BCUT2D eigenvalue weighted by atomic mass is 16.4. The molecule has 0 aliphatic carbocycles. The molecule has 4 N–H and O–H groups in total. The number of para-hydroxylation sites is 1. The van der Waals surface area contributed by atoms with Crippen molar-refractivity contribution in [1.29, 1.82) is 0 Å². The smallest absolute Gasteiger partial charge is 0.352 e. The number of nitrogens with one attached hydrogen (secondary N) is 1. The minimum atomic E-state index is -1.27. The van der Waals surface area contributed by atoms with Crippen LogP contribution in [0, 0.1) is 0 Å². The summed E-state index contributed by atoms with van der Waals surface area (Å²) < 4.78 is 5.65. The predicted octanol–water partition coefficient (Wildman–Crippen LogP) is 3.38. The average molecular weight is 348 g/mol. The number of carboxylic acids is 1. The van der Waals surface area contributed by atoms with Crippen LogP contribution < -0.4 is 11.1 Å². The van der Waals surface area contributed by atoms with Gasteiger partial charge in [0.25, 0.3) is 5.91 Å². The lowest BCUT2D eigenvalue weighted by Gasteiger charge is -2.05. The average Bonchev–Trinajstić information content (AvgIpc) is 3.10. The number of nitrogens with two attached hydrogens (primary N) is 1. The van der Waals surface area contributed by atoms with Crippen molar-refractivity contribution in [2.45, 2.75) is 0 Å². The zero-order valence-electron chi connectivity index (χ0n) is 13.7. The van der Waals surface area contributed by atoms with Crippen LogP contribution in [0.15, 0.2) is 76.8 Å². The molecule has 0 fully saturated rings. The summed E-state index contributed by atoms with van der Waals surface area (Å²) in [5.74, 6) is -0.993. The zero-order valence-corrected chi connectivity index (χ0v) is 13.7. The molecule has 130 valence electrons. The number of carbonyl (C=O) groups is 2. The topological polar surface area (TPSA) is 106 Å². The first-order valence-corrected chi connectivity index (χ1v) is 7.80. The van der Waals surface area contributed by atoms with Gasteiger partial charge >= 0.3 is 5.97 Å². The van der Waals surface area contributed by atoms with Gasteiger partial charge in [-0.2, -0.15) is 0 Å². The summed E-state index contributed by atoms with van der Waals surface area (Å²) in [6.07, 6.45) is 1.26. The molecular formula is C20H16N2O4. The molecule has 2 aromatic carbocycles. The highest BCUT2D eigenvalue weighted by Crippen LogP contribution is 2.28. The highest BCUT2D eigenvalue weighted by molar-refractivity contribution is 6.02. The number of carboxylic acid groups (broad SMARTS) is 1. The largest absolute Gasteiger partial charge is 0.477 e. The Morgan fingerprint density at radius 2 is 1.65 bits per heavy atom. The lowest BCUT2D eigenvalue weighted by Crippen LogP contribution is -2.27. The molecule has 0 saturated heterocycles. The summed E-state index contributed by atoms with van der Waals surface area (Å²) in [6, 6.07) is 18.8. The molecule has 0 atom stereocenters. The van der Waals surface area contributed by atoms with Gasteiger partial charge in [0.05, 0.1) is 0 Å². The van der Waals surface area contributed by atoms with E-state index >= 15 is 0 Å². The Hall–Kier alpha value is -3.80. The molecule has 26 heavy (non-hydrogen) atoms. The second-order valence-electron chi connectivity index (χ2n) is 5.47. The molecule has 1 amide bonds. The number of hydrogen-bond donors (Lipinski definition) is 3. The fourth-order valence-corrected chi connectivity index (χ4v) is 2.37. The van der Waals surface area contributed by atoms with Crippen molar-refractivity contribution in [3.63, 3.8) is 0 Å². The molecule has 3 aromatic rings. The number of carbonyl (C=O) groups excluding carboxylic acids is 1. The second kappa shape index (κ2) is 7.40. The molecule has 0 aliphatic rings. The first-order valence-electron chi connectivity index (χ1n) is 7.80. The Morgan fingerprint density at radius 1 is 0.962 bits per heavy atom. The third-order valence-electron chi connectivity index (χ3n) is 3.65. The SMILES string of the molecule is Nc1ccccc1-c1ccc(C=C(NC(=O)c2ccccc2)C(=O)O)o1. The van der Waals surface area contributed by atoms with Gasteiger partial charge in [-0.05, 0) is 36.4 Å². The van der Waals surface area contributed by atoms with Gasteiger partial charge in [-0.1, -0.05) is 30.3 Å². The predicted molar refractivity (Wildman–Crippen MR) is 98.1 cm³/mol. The first-order chi connectivity index (χ1) is 12.5. The van der Waals surface area contributed by atoms with Crippen molar-refractivity contribution in [1.82, 2.24) is 5.32 Å². The van der Waals surface area contributed by atoms with Gasteiger partial charge in [-0.25, -0.2) is 4.79 Å². The lowest BCUT2D eigenvalue weighted by atomic mass is 10.1. The van der Waals surface area contributed by atoms with Crippen molar-refractivity contribution in [3.8, 4) is 11.3 Å². The molecule has 0 aliphatic heterocycles. The van der Waals surface area contributed by atoms with E-state index in [4.69, 9.17) is 10.2 Å². The van der Waals surface area contributed by atoms with Crippen molar-refractivity contribution < 1.29 is 19.1 Å². The molecule has 0 bridgehead atoms. The van der Waals surface area contributed by atoms with Crippen molar-refractivity contribution in [2.24, 2.45) is 0 Å². The molecule has 0 spiro atoms. The van der Waals surface area contributed by atoms with Crippen LogP contribution in [0.25, 0.3) is 17.4 Å². The number of hydrogen-bond acceptors (Lipinski definition) is 4. The highest BCUT2D eigenvalue weighted by Gasteiger charge is 2.14. The van der Waals surface area contributed by atoms with Crippen LogP contribution in [0.2, 0.25) is 0 Å². The van der Waals surface area contributed by atoms with E-state index in [-0.39, 0.29) is 11.5 Å². The fraction of sp³-hybridized carbons (Fsp3) is 0. The lowest BCUT2D eigenvalue weighted by molar-refractivity contribution is -0.132. The van der Waals surface area contributed by atoms with Gasteiger partial charge in [-0.15, -0.1) is 0 Å². The van der Waals surface area contributed by atoms with Crippen LogP contribution >= 0.6 is 0 Å². The number of amides is 1. The maximum Gasteiger partial charge on any atom is 0.352 e. The Bertz CT molecular complexity index is 974. The van der Waals surface area contributed by atoms with Gasteiger partial charge in [0.2, 0.25) is 0 Å². The van der Waals surface area contributed by atoms with Crippen LogP contribution in [-0.4, -0.2) is 17.0 Å². The number of anilines is 1. The normalized spacial score (nSPS) is 11.2. The molecule has 6 nitrogen and oxygen atoms in total. The number of rotatable bonds is 5. The molecule has 1 aromatic heterocycles. The van der Waals surface area contributed by atoms with E-state index in [9.17, 15) is 14.7 Å². The third-order valence-corrected chi connectivity index (χ3v) is 3.65. The third kappa shape index (κ3) is 3.81. The molecule has 0 radical (unpaired) electrons. The summed E-state index contributed by atoms with van der Waals surface area (Å²) in [5.41, 5.74) is 7.24. The summed E-state index contributed by atoms with van der Waals surface area (Å²) in [6.45, 7) is 0.